The van der Waals surface area contributed by atoms with Crippen LogP contribution in [-0.2, 0) is 9.59 Å². The molecular weight excluding hydrogens is 556 g/mol. The first-order valence-corrected chi connectivity index (χ1v) is 13.7. The number of rotatable bonds is 10. The van der Waals surface area contributed by atoms with Gasteiger partial charge in [-0.3, -0.25) is 9.59 Å². The van der Waals surface area contributed by atoms with Crippen molar-refractivity contribution in [2.24, 2.45) is 4.99 Å². The zero-order valence-corrected chi connectivity index (χ0v) is 22.9. The highest BCUT2D eigenvalue weighted by molar-refractivity contribution is 9.09. The number of carbonyl (C=O) groups is 2. The first-order chi connectivity index (χ1) is 17.9. The van der Waals surface area contributed by atoms with Crippen LogP contribution in [-0.4, -0.2) is 35.4 Å². The lowest BCUT2D eigenvalue weighted by Crippen LogP contribution is -2.19. The van der Waals surface area contributed by atoms with Gasteiger partial charge in [0.1, 0.15) is 16.3 Å². The summed E-state index contributed by atoms with van der Waals surface area (Å²) in [6, 6.07) is 16.7. The predicted octanol–water partition coefficient (Wildman–Crippen LogP) is 6.83. The van der Waals surface area contributed by atoms with Crippen molar-refractivity contribution in [3.63, 3.8) is 0 Å². The Kier molecular flexibility index (Phi) is 8.89. The number of hydrogen-bond donors (Lipinski definition) is 2. The van der Waals surface area contributed by atoms with Crippen LogP contribution in [0.15, 0.2) is 64.5 Å². The lowest BCUT2D eigenvalue weighted by Gasteiger charge is -2.13. The average molecular weight is 584 g/mol. The minimum Gasteiger partial charge on any atom is -0.493 e. The van der Waals surface area contributed by atoms with Crippen molar-refractivity contribution in [2.45, 2.75) is 31.5 Å². The number of carbonyl (C=O) groups excluding carboxylic acids is 1. The molecular formula is C28H27BrN2O5S. The van der Waals surface area contributed by atoms with Gasteiger partial charge in [0.05, 0.1) is 23.8 Å². The number of hydrogen-bond acceptors (Lipinski definition) is 6. The molecule has 0 aromatic heterocycles. The Morgan fingerprint density at radius 1 is 1.08 bits per heavy atom. The molecule has 0 bridgehead atoms. The Morgan fingerprint density at radius 3 is 2.46 bits per heavy atom. The average Bonchev–Trinajstić information content (AvgIpc) is 3.24. The number of benzene rings is 3. The fourth-order valence-corrected chi connectivity index (χ4v) is 4.82. The molecule has 2 N–H and O–H groups in total. The third-order valence-electron chi connectivity index (χ3n) is 5.46. The van der Waals surface area contributed by atoms with Crippen molar-refractivity contribution >= 4 is 67.3 Å². The number of aliphatic imine (C=N–C) groups is 1. The molecule has 1 fully saturated rings. The van der Waals surface area contributed by atoms with Gasteiger partial charge >= 0.3 is 5.97 Å². The van der Waals surface area contributed by atoms with E-state index in [-0.39, 0.29) is 5.91 Å². The second kappa shape index (κ2) is 12.3. The van der Waals surface area contributed by atoms with Crippen LogP contribution in [0.3, 0.4) is 0 Å². The number of carboxylic acid groups (broad SMARTS) is 1. The Bertz CT molecular complexity index is 1370. The van der Waals surface area contributed by atoms with Gasteiger partial charge in [0.15, 0.2) is 5.17 Å². The number of fused-ring (bicyclic) bond motifs is 1. The van der Waals surface area contributed by atoms with E-state index in [4.69, 9.17) is 14.6 Å². The zero-order chi connectivity index (χ0) is 26.4. The summed E-state index contributed by atoms with van der Waals surface area (Å²) in [6.45, 7) is 5.30. The van der Waals surface area contributed by atoms with Gasteiger partial charge < -0.3 is 19.9 Å². The van der Waals surface area contributed by atoms with Crippen molar-refractivity contribution in [3.8, 4) is 11.5 Å². The molecule has 1 aliphatic heterocycles. The minimum atomic E-state index is -0.965. The number of amides is 1. The van der Waals surface area contributed by atoms with E-state index in [1.165, 1.54) is 11.8 Å². The molecule has 7 nitrogen and oxygen atoms in total. The molecule has 1 heterocycles. The molecule has 0 saturated carbocycles. The minimum absolute atomic E-state index is 0.242. The molecule has 4 rings (SSSR count). The highest BCUT2D eigenvalue weighted by Gasteiger charge is 2.25. The van der Waals surface area contributed by atoms with Gasteiger partial charge in [-0.05, 0) is 72.0 Å². The maximum absolute atomic E-state index is 12.7. The molecule has 1 aliphatic rings. The molecule has 1 atom stereocenters. The standard InChI is InChI=1S/C28H27BrN2O5S/c1-3-12-35-22-7-5-6-18-14-19(23(16-21(18)22)36-13-4-2)15-24-26(32)31-28(37-24)30-20-10-8-17(9-11-20)25(29)27(33)34/h5-11,14-16,25H,3-4,12-13H2,1-2H3,(H,33,34)(H,30,31,32)/b24-15+. The SMILES string of the molecule is CCCOc1cc2c(OCCC)cccc2cc1/C=C1/SC(=Nc2ccc(C(Br)C(=O)O)cc2)NC1=O. The maximum atomic E-state index is 12.7. The molecule has 192 valence electrons. The van der Waals surface area contributed by atoms with E-state index in [0.717, 1.165) is 34.9 Å². The number of thioether (sulfide) groups is 1. The van der Waals surface area contributed by atoms with E-state index in [2.05, 4.69) is 33.2 Å². The number of nitrogens with one attached hydrogen (secondary N) is 1. The van der Waals surface area contributed by atoms with E-state index < -0.39 is 10.8 Å². The summed E-state index contributed by atoms with van der Waals surface area (Å²) in [5.74, 6) is 0.288. The molecule has 0 aliphatic carbocycles. The Hall–Kier alpha value is -3.30. The summed E-state index contributed by atoms with van der Waals surface area (Å²) in [5.41, 5.74) is 2.02. The van der Waals surface area contributed by atoms with Crippen LogP contribution in [0.1, 0.15) is 42.6 Å². The third-order valence-corrected chi connectivity index (χ3v) is 7.30. The summed E-state index contributed by atoms with van der Waals surface area (Å²) in [7, 11) is 0. The largest absolute Gasteiger partial charge is 0.493 e. The van der Waals surface area contributed by atoms with Crippen molar-refractivity contribution in [1.29, 1.82) is 0 Å². The lowest BCUT2D eigenvalue weighted by atomic mass is 10.0. The van der Waals surface area contributed by atoms with Crippen molar-refractivity contribution < 1.29 is 24.2 Å². The van der Waals surface area contributed by atoms with Crippen LogP contribution in [0.2, 0.25) is 0 Å². The van der Waals surface area contributed by atoms with Crippen LogP contribution in [0.5, 0.6) is 11.5 Å². The molecule has 0 radical (unpaired) electrons. The van der Waals surface area contributed by atoms with Crippen LogP contribution in [0.4, 0.5) is 5.69 Å². The Balaban J connectivity index is 1.62. The normalized spacial score (nSPS) is 16.2. The second-order valence-corrected chi connectivity index (χ2v) is 10.3. The number of ether oxygens (including phenoxy) is 2. The van der Waals surface area contributed by atoms with Crippen molar-refractivity contribution in [1.82, 2.24) is 5.32 Å². The highest BCUT2D eigenvalue weighted by Crippen LogP contribution is 2.36. The number of amidine groups is 1. The smallest absolute Gasteiger partial charge is 0.321 e. The first-order valence-electron chi connectivity index (χ1n) is 12.0. The summed E-state index contributed by atoms with van der Waals surface area (Å²) in [4.78, 5) is 28.1. The van der Waals surface area contributed by atoms with Gasteiger partial charge in [-0.2, -0.15) is 0 Å². The van der Waals surface area contributed by atoms with Crippen LogP contribution in [0.25, 0.3) is 16.8 Å². The summed E-state index contributed by atoms with van der Waals surface area (Å²) >= 11 is 4.38. The van der Waals surface area contributed by atoms with Gasteiger partial charge in [-0.1, -0.05) is 54.0 Å². The molecule has 1 amide bonds. The van der Waals surface area contributed by atoms with Gasteiger partial charge in [0, 0.05) is 10.9 Å². The summed E-state index contributed by atoms with van der Waals surface area (Å²) in [5, 5.41) is 14.4. The number of nitrogens with zero attached hydrogens (tertiary/aromatic N) is 1. The van der Waals surface area contributed by atoms with E-state index in [0.29, 0.717) is 40.3 Å². The van der Waals surface area contributed by atoms with Gasteiger partial charge in [0.25, 0.3) is 5.91 Å². The molecule has 0 spiro atoms. The maximum Gasteiger partial charge on any atom is 0.321 e. The van der Waals surface area contributed by atoms with E-state index in [1.54, 1.807) is 24.3 Å². The predicted molar refractivity (Wildman–Crippen MR) is 152 cm³/mol. The molecule has 3 aromatic carbocycles. The topological polar surface area (TPSA) is 97.2 Å². The van der Waals surface area contributed by atoms with Crippen molar-refractivity contribution in [2.75, 3.05) is 13.2 Å². The van der Waals surface area contributed by atoms with Gasteiger partial charge in [-0.15, -0.1) is 0 Å². The van der Waals surface area contributed by atoms with Gasteiger partial charge in [0.2, 0.25) is 0 Å². The quantitative estimate of drug-likeness (QED) is 0.201. The molecule has 3 aromatic rings. The summed E-state index contributed by atoms with van der Waals surface area (Å²) in [6.07, 6.45) is 3.59. The number of carboxylic acids is 1. The number of alkyl halides is 1. The zero-order valence-electron chi connectivity index (χ0n) is 20.5. The van der Waals surface area contributed by atoms with Crippen LogP contribution < -0.4 is 14.8 Å². The monoisotopic (exact) mass is 582 g/mol. The number of halogens is 1. The van der Waals surface area contributed by atoms with Crippen LogP contribution >= 0.6 is 27.7 Å². The molecule has 9 heteroatoms. The number of aliphatic carboxylic acids is 1. The van der Waals surface area contributed by atoms with Crippen LogP contribution in [0, 0.1) is 0 Å². The highest BCUT2D eigenvalue weighted by atomic mass is 79.9. The lowest BCUT2D eigenvalue weighted by molar-refractivity contribution is -0.136. The van der Waals surface area contributed by atoms with E-state index >= 15 is 0 Å². The Labute approximate surface area is 228 Å². The van der Waals surface area contributed by atoms with E-state index in [9.17, 15) is 9.59 Å². The molecule has 1 saturated heterocycles. The first kappa shape index (κ1) is 26.8. The Morgan fingerprint density at radius 2 is 1.78 bits per heavy atom. The van der Waals surface area contributed by atoms with Crippen molar-refractivity contribution in [3.05, 3.63) is 70.6 Å². The fourth-order valence-electron chi connectivity index (χ4n) is 3.68. The second-order valence-electron chi connectivity index (χ2n) is 8.34. The van der Waals surface area contributed by atoms with Gasteiger partial charge in [-0.25, -0.2) is 4.99 Å². The third kappa shape index (κ3) is 6.53. The van der Waals surface area contributed by atoms with E-state index in [1.807, 2.05) is 43.3 Å². The summed E-state index contributed by atoms with van der Waals surface area (Å²) < 4.78 is 12.0. The molecule has 1 unspecified atom stereocenters. The fraction of sp³-hybridized carbons (Fsp3) is 0.250. The molecule has 37 heavy (non-hydrogen) atoms.